The number of aryl methyl sites for hydroxylation is 1. The van der Waals surface area contributed by atoms with Crippen LogP contribution in [0.1, 0.15) is 18.2 Å². The molecule has 7 nitrogen and oxygen atoms in total. The summed E-state index contributed by atoms with van der Waals surface area (Å²) in [6.45, 7) is 7.20. The third-order valence-corrected chi connectivity index (χ3v) is 4.80. The normalized spacial score (nSPS) is 10.8. The Balaban J connectivity index is 1.84. The minimum atomic E-state index is -0.133. The number of fused-ring (bicyclic) bond motifs is 1. The average molecular weight is 357 g/mol. The zero-order chi connectivity index (χ0) is 17.8. The van der Waals surface area contributed by atoms with E-state index in [2.05, 4.69) is 21.9 Å². The molecule has 3 rings (SSSR count). The van der Waals surface area contributed by atoms with Crippen LogP contribution in [0.2, 0.25) is 0 Å². The molecule has 0 aliphatic carbocycles. The van der Waals surface area contributed by atoms with Gasteiger partial charge in [-0.25, -0.2) is 9.67 Å². The first-order valence-electron chi connectivity index (χ1n) is 7.86. The van der Waals surface area contributed by atoms with Crippen LogP contribution in [0, 0.1) is 0 Å². The second-order valence-electron chi connectivity index (χ2n) is 5.43. The van der Waals surface area contributed by atoms with Gasteiger partial charge in [-0.05, 0) is 30.7 Å². The largest absolute Gasteiger partial charge is 0.473 e. The molecule has 2 heterocycles. The second-order valence-corrected chi connectivity index (χ2v) is 6.42. The van der Waals surface area contributed by atoms with Crippen molar-refractivity contribution >= 4 is 27.5 Å². The second kappa shape index (κ2) is 7.43. The molecule has 0 N–H and O–H groups in total. The highest BCUT2D eigenvalue weighted by Crippen LogP contribution is 2.28. The van der Waals surface area contributed by atoms with Gasteiger partial charge in [0, 0.05) is 13.1 Å². The van der Waals surface area contributed by atoms with Gasteiger partial charge >= 0.3 is 0 Å². The molecule has 0 saturated carbocycles. The molecule has 0 saturated heterocycles. The number of rotatable bonds is 7. The maximum atomic E-state index is 12.3. The van der Waals surface area contributed by atoms with Crippen molar-refractivity contribution in [3.05, 3.63) is 48.3 Å². The highest BCUT2D eigenvalue weighted by Gasteiger charge is 2.15. The fraction of sp³-hybridized carbons (Fsp3) is 0.294. The smallest absolute Gasteiger partial charge is 0.274 e. The topological polar surface area (TPSA) is 73.1 Å². The highest BCUT2D eigenvalue weighted by atomic mass is 32.1. The van der Waals surface area contributed by atoms with E-state index < -0.39 is 0 Å². The van der Waals surface area contributed by atoms with Crippen LogP contribution in [-0.2, 0) is 24.4 Å². The van der Waals surface area contributed by atoms with Crippen molar-refractivity contribution in [3.63, 3.8) is 0 Å². The summed E-state index contributed by atoms with van der Waals surface area (Å²) < 4.78 is 7.99. The van der Waals surface area contributed by atoms with Crippen LogP contribution >= 0.6 is 11.3 Å². The summed E-state index contributed by atoms with van der Waals surface area (Å²) in [7, 11) is 1.61. The minimum absolute atomic E-state index is 0.133. The predicted octanol–water partition coefficient (Wildman–Crippen LogP) is 2.63. The van der Waals surface area contributed by atoms with E-state index in [4.69, 9.17) is 4.74 Å². The fourth-order valence-electron chi connectivity index (χ4n) is 2.56. The van der Waals surface area contributed by atoms with E-state index in [0.29, 0.717) is 24.8 Å². The first kappa shape index (κ1) is 17.1. The van der Waals surface area contributed by atoms with Gasteiger partial charge in [-0.1, -0.05) is 29.2 Å². The van der Waals surface area contributed by atoms with E-state index in [-0.39, 0.29) is 5.91 Å². The lowest BCUT2D eigenvalue weighted by atomic mass is 10.2. The van der Waals surface area contributed by atoms with E-state index in [1.807, 2.05) is 25.1 Å². The zero-order valence-corrected chi connectivity index (χ0v) is 15.0. The number of methoxy groups -OCH3 is 1. The maximum Gasteiger partial charge on any atom is 0.274 e. The van der Waals surface area contributed by atoms with Crippen molar-refractivity contribution in [2.45, 2.75) is 26.6 Å². The Morgan fingerprint density at radius 1 is 1.44 bits per heavy atom. The lowest BCUT2D eigenvalue weighted by Gasteiger charge is -2.21. The molecule has 3 aromatic rings. The molecule has 0 aliphatic heterocycles. The zero-order valence-electron chi connectivity index (χ0n) is 14.2. The molecule has 130 valence electrons. The lowest BCUT2D eigenvalue weighted by molar-refractivity contribution is -0.127. The number of carbonyl (C=O) groups is 1. The number of thiazole rings is 1. The van der Waals surface area contributed by atoms with Gasteiger partial charge in [0.15, 0.2) is 0 Å². The molecule has 0 aliphatic rings. The maximum absolute atomic E-state index is 12.3. The minimum Gasteiger partial charge on any atom is -0.473 e. The molecule has 0 spiro atoms. The van der Waals surface area contributed by atoms with Crippen molar-refractivity contribution < 1.29 is 9.53 Å². The summed E-state index contributed by atoms with van der Waals surface area (Å²) >= 11 is 1.48. The van der Waals surface area contributed by atoms with E-state index in [1.54, 1.807) is 22.9 Å². The van der Waals surface area contributed by atoms with Gasteiger partial charge in [0.2, 0.25) is 5.91 Å². The van der Waals surface area contributed by atoms with E-state index in [9.17, 15) is 4.79 Å². The molecule has 8 heteroatoms. The quantitative estimate of drug-likeness (QED) is 0.608. The lowest BCUT2D eigenvalue weighted by Crippen LogP contribution is -2.29. The number of benzene rings is 1. The number of nitrogens with zero attached hydrogens (tertiary/aromatic N) is 5. The van der Waals surface area contributed by atoms with Crippen molar-refractivity contribution in [1.82, 2.24) is 24.9 Å². The highest BCUT2D eigenvalue weighted by molar-refractivity contribution is 7.20. The van der Waals surface area contributed by atoms with Crippen molar-refractivity contribution in [2.75, 3.05) is 7.11 Å². The molecule has 0 atom stereocenters. The molecule has 0 radical (unpaired) electrons. The van der Waals surface area contributed by atoms with E-state index >= 15 is 0 Å². The van der Waals surface area contributed by atoms with Crippen LogP contribution in [0.25, 0.3) is 10.2 Å². The number of amides is 1. The van der Waals surface area contributed by atoms with Crippen LogP contribution in [-0.4, -0.2) is 37.9 Å². The summed E-state index contributed by atoms with van der Waals surface area (Å²) in [6, 6.07) is 5.95. The Hall–Kier alpha value is -2.74. The van der Waals surface area contributed by atoms with Crippen molar-refractivity contribution in [1.29, 1.82) is 0 Å². The van der Waals surface area contributed by atoms with Crippen LogP contribution in [0.4, 0.5) is 0 Å². The molecular formula is C17H19N5O2S. The van der Waals surface area contributed by atoms with Crippen LogP contribution in [0.15, 0.2) is 37.1 Å². The van der Waals surface area contributed by atoms with Crippen LogP contribution in [0.3, 0.4) is 0 Å². The molecule has 1 aromatic carbocycles. The van der Waals surface area contributed by atoms with Gasteiger partial charge in [-0.2, -0.15) is 0 Å². The van der Waals surface area contributed by atoms with Crippen LogP contribution in [0.5, 0.6) is 5.19 Å². The monoisotopic (exact) mass is 357 g/mol. The first-order valence-corrected chi connectivity index (χ1v) is 8.68. The molecule has 0 unspecified atom stereocenters. The summed E-state index contributed by atoms with van der Waals surface area (Å²) in [5, 5.41) is 8.56. The van der Waals surface area contributed by atoms with Gasteiger partial charge in [-0.3, -0.25) is 4.79 Å². The van der Waals surface area contributed by atoms with Gasteiger partial charge in [0.1, 0.15) is 0 Å². The van der Waals surface area contributed by atoms with Gasteiger partial charge in [0.05, 0.1) is 35.8 Å². The predicted molar refractivity (Wildman–Crippen MR) is 96.3 cm³/mol. The SMILES string of the molecule is C=CC(=O)N(Cc1ccc2nc(OC)sc2c1)Cc1cnnn1CC. The Morgan fingerprint density at radius 3 is 3.00 bits per heavy atom. The van der Waals surface area contributed by atoms with E-state index in [0.717, 1.165) is 21.5 Å². The number of hydrogen-bond acceptors (Lipinski definition) is 6. The molecule has 2 aromatic heterocycles. The number of carbonyl (C=O) groups excluding carboxylic acids is 1. The van der Waals surface area contributed by atoms with Crippen molar-refractivity contribution in [2.24, 2.45) is 0 Å². The van der Waals surface area contributed by atoms with Gasteiger partial charge in [0.25, 0.3) is 5.19 Å². The van der Waals surface area contributed by atoms with Gasteiger partial charge < -0.3 is 9.64 Å². The Labute approximate surface area is 149 Å². The number of aromatic nitrogens is 4. The molecule has 25 heavy (non-hydrogen) atoms. The number of hydrogen-bond donors (Lipinski definition) is 0. The number of ether oxygens (including phenoxy) is 1. The molecule has 0 fully saturated rings. The molecular weight excluding hydrogens is 338 g/mol. The Morgan fingerprint density at radius 2 is 2.28 bits per heavy atom. The van der Waals surface area contributed by atoms with Gasteiger partial charge in [-0.15, -0.1) is 5.10 Å². The third-order valence-electron chi connectivity index (χ3n) is 3.82. The third kappa shape index (κ3) is 3.69. The summed E-state index contributed by atoms with van der Waals surface area (Å²) in [5.41, 5.74) is 2.79. The van der Waals surface area contributed by atoms with E-state index in [1.165, 1.54) is 17.4 Å². The Kier molecular flexibility index (Phi) is 5.08. The first-order chi connectivity index (χ1) is 12.1. The standard InChI is InChI=1S/C17H19N5O2S/c1-4-16(23)21(11-13-9-18-20-22(13)5-2)10-12-6-7-14-15(8-12)25-17(19-14)24-3/h4,6-9H,1,5,10-11H2,2-3H3. The Bertz CT molecular complexity index is 901. The van der Waals surface area contributed by atoms with Crippen LogP contribution < -0.4 is 4.74 Å². The molecule has 1 amide bonds. The fourth-order valence-corrected chi connectivity index (χ4v) is 3.40. The molecule has 0 bridgehead atoms. The average Bonchev–Trinajstić information content (AvgIpc) is 3.25. The summed E-state index contributed by atoms with van der Waals surface area (Å²) in [6.07, 6.45) is 3.01. The summed E-state index contributed by atoms with van der Waals surface area (Å²) in [4.78, 5) is 18.4. The van der Waals surface area contributed by atoms with Crippen molar-refractivity contribution in [3.8, 4) is 5.19 Å². The summed E-state index contributed by atoms with van der Waals surface area (Å²) in [5.74, 6) is -0.133.